The summed E-state index contributed by atoms with van der Waals surface area (Å²) in [5.74, 6) is 0.544. The van der Waals surface area contributed by atoms with E-state index < -0.39 is 12.6 Å². The van der Waals surface area contributed by atoms with Gasteiger partial charge in [0.2, 0.25) is 0 Å². The average molecular weight is 854 g/mol. The van der Waals surface area contributed by atoms with E-state index in [1.165, 1.54) is 0 Å². The van der Waals surface area contributed by atoms with Gasteiger partial charge in [-0.15, -0.1) is 0 Å². The molecule has 0 saturated heterocycles. The lowest BCUT2D eigenvalue weighted by atomic mass is 9.62. The van der Waals surface area contributed by atoms with Crippen LogP contribution in [0.4, 0.5) is 17.1 Å². The molecular formula is C57H36N5O2P. The predicted octanol–water partition coefficient (Wildman–Crippen LogP) is 12.3. The van der Waals surface area contributed by atoms with Crippen molar-refractivity contribution in [3.63, 3.8) is 0 Å². The van der Waals surface area contributed by atoms with Crippen LogP contribution >= 0.6 is 7.14 Å². The Balaban J connectivity index is 1.16. The zero-order valence-electron chi connectivity index (χ0n) is 34.8. The molecule has 0 radical (unpaired) electrons. The van der Waals surface area contributed by atoms with Crippen molar-refractivity contribution < 1.29 is 8.98 Å². The summed E-state index contributed by atoms with van der Waals surface area (Å²) in [5, 5.41) is 4.32. The summed E-state index contributed by atoms with van der Waals surface area (Å²) >= 11 is 0. The maximum atomic E-state index is 16.7. The molecule has 11 aromatic rings. The van der Waals surface area contributed by atoms with Crippen molar-refractivity contribution in [3.8, 4) is 34.2 Å². The van der Waals surface area contributed by atoms with Crippen LogP contribution in [0.15, 0.2) is 223 Å². The number of benzene rings is 7. The molecule has 0 N–H and O–H groups in total. The number of hydrogen-bond donors (Lipinski definition) is 0. The molecule has 8 heteroatoms. The molecule has 1 spiro atoms. The third kappa shape index (κ3) is 5.46. The summed E-state index contributed by atoms with van der Waals surface area (Å²) in [6.07, 6.45) is 3.56. The zero-order chi connectivity index (χ0) is 43.1. The van der Waals surface area contributed by atoms with Crippen LogP contribution in [0.3, 0.4) is 0 Å². The van der Waals surface area contributed by atoms with Crippen LogP contribution in [-0.4, -0.2) is 19.9 Å². The zero-order valence-corrected chi connectivity index (χ0v) is 35.7. The highest BCUT2D eigenvalue weighted by Gasteiger charge is 2.55. The minimum atomic E-state index is -3.52. The first-order chi connectivity index (χ1) is 32.1. The number of anilines is 3. The van der Waals surface area contributed by atoms with E-state index in [2.05, 4.69) is 118 Å². The molecule has 13 rings (SSSR count). The van der Waals surface area contributed by atoms with E-state index in [4.69, 9.17) is 14.4 Å². The van der Waals surface area contributed by atoms with Crippen LogP contribution in [0.1, 0.15) is 22.3 Å². The van der Waals surface area contributed by atoms with Gasteiger partial charge in [-0.05, 0) is 95.1 Å². The monoisotopic (exact) mass is 853 g/mol. The fourth-order valence-corrected chi connectivity index (χ4v) is 13.5. The fourth-order valence-electron chi connectivity index (χ4n) is 10.3. The molecular weight excluding hydrogens is 818 g/mol. The van der Waals surface area contributed by atoms with E-state index in [0.717, 1.165) is 88.5 Å². The number of aromatic nitrogens is 4. The summed E-state index contributed by atoms with van der Waals surface area (Å²) in [6.45, 7) is 0. The molecule has 2 aliphatic heterocycles. The van der Waals surface area contributed by atoms with Gasteiger partial charge in [0.15, 0.2) is 13.0 Å². The average Bonchev–Trinajstić information content (AvgIpc) is 3.75. The van der Waals surface area contributed by atoms with Gasteiger partial charge in [-0.25, -0.2) is 9.97 Å². The first kappa shape index (κ1) is 37.3. The summed E-state index contributed by atoms with van der Waals surface area (Å²) in [6, 6.07) is 70.2. The second kappa shape index (κ2) is 14.4. The number of nitrogens with zero attached hydrogens (tertiary/aromatic N) is 5. The van der Waals surface area contributed by atoms with Crippen molar-refractivity contribution in [2.24, 2.45) is 0 Å². The van der Waals surface area contributed by atoms with Crippen LogP contribution < -0.4 is 20.8 Å². The minimum absolute atomic E-state index is 0.544. The SMILES string of the molecule is O=P1(c2ccccc2)c2ccccc2C2(c3ccccc3N(c3ccccc3)c3cc(-c4nc(-c5ccccn5)cc(-c5ccccn5)n4)ccc32)c2cc3c(cc21)oc1ccccc13. The van der Waals surface area contributed by atoms with E-state index in [1.807, 2.05) is 103 Å². The van der Waals surface area contributed by atoms with Crippen molar-refractivity contribution in [2.75, 3.05) is 4.90 Å². The predicted molar refractivity (Wildman–Crippen MR) is 261 cm³/mol. The van der Waals surface area contributed by atoms with Crippen molar-refractivity contribution in [2.45, 2.75) is 5.41 Å². The molecule has 0 amide bonds. The molecule has 2 unspecified atom stereocenters. The van der Waals surface area contributed by atoms with Gasteiger partial charge in [0, 0.05) is 50.3 Å². The van der Waals surface area contributed by atoms with Crippen molar-refractivity contribution in [1.29, 1.82) is 0 Å². The van der Waals surface area contributed by atoms with Crippen LogP contribution in [0, 0.1) is 0 Å². The van der Waals surface area contributed by atoms with Crippen LogP contribution in [0.25, 0.3) is 56.1 Å². The fraction of sp³-hybridized carbons (Fsp3) is 0.0175. The maximum Gasteiger partial charge on any atom is 0.171 e. The summed E-state index contributed by atoms with van der Waals surface area (Å²) in [5.41, 5.74) is 11.3. The number of fused-ring (bicyclic) bond motifs is 11. The highest BCUT2D eigenvalue weighted by molar-refractivity contribution is 7.85. The van der Waals surface area contributed by atoms with Gasteiger partial charge in [0.05, 0.1) is 39.6 Å². The first-order valence-electron chi connectivity index (χ1n) is 21.6. The molecule has 65 heavy (non-hydrogen) atoms. The van der Waals surface area contributed by atoms with Gasteiger partial charge in [-0.1, -0.05) is 133 Å². The lowest BCUT2D eigenvalue weighted by Crippen LogP contribution is -2.49. The standard InChI is InChI=1S/C57H36N5O2P/c63-65(39-19-5-2-6-20-39)54-28-12-9-23-44(54)57(45-34-41-40-21-7-11-27-52(40)64-53(41)36-55(45)65)42-22-8-10-26-50(42)62(38-17-3-1-4-18-38)51-33-37(29-30-43(51)57)56-60-48(46-24-13-15-31-58-46)35-49(61-56)47-25-14-16-32-59-47/h1-36H. The molecule has 6 heterocycles. The second-order valence-corrected chi connectivity index (χ2v) is 19.2. The largest absolute Gasteiger partial charge is 0.456 e. The Bertz CT molecular complexity index is 3650. The summed E-state index contributed by atoms with van der Waals surface area (Å²) in [4.78, 5) is 22.1. The van der Waals surface area contributed by atoms with E-state index in [9.17, 15) is 0 Å². The van der Waals surface area contributed by atoms with Crippen LogP contribution in [0.5, 0.6) is 0 Å². The Kier molecular flexibility index (Phi) is 8.26. The molecule has 306 valence electrons. The van der Waals surface area contributed by atoms with E-state index >= 15 is 4.57 Å². The summed E-state index contributed by atoms with van der Waals surface area (Å²) in [7, 11) is -3.52. The van der Waals surface area contributed by atoms with Crippen molar-refractivity contribution in [3.05, 3.63) is 241 Å². The smallest absolute Gasteiger partial charge is 0.171 e. The van der Waals surface area contributed by atoms with Gasteiger partial charge in [0.25, 0.3) is 0 Å². The van der Waals surface area contributed by atoms with E-state index in [-0.39, 0.29) is 0 Å². The topological polar surface area (TPSA) is 85.0 Å². The lowest BCUT2D eigenvalue weighted by Gasteiger charge is -2.50. The highest BCUT2D eigenvalue weighted by Crippen LogP contribution is 2.63. The van der Waals surface area contributed by atoms with Gasteiger partial charge >= 0.3 is 0 Å². The van der Waals surface area contributed by atoms with Gasteiger partial charge in [0.1, 0.15) is 11.2 Å². The van der Waals surface area contributed by atoms with Crippen molar-refractivity contribution >= 4 is 62.1 Å². The Hall–Kier alpha value is -8.25. The molecule has 0 bridgehead atoms. The first-order valence-corrected chi connectivity index (χ1v) is 23.3. The van der Waals surface area contributed by atoms with Crippen LogP contribution in [-0.2, 0) is 9.98 Å². The lowest BCUT2D eigenvalue weighted by molar-refractivity contribution is 0.590. The van der Waals surface area contributed by atoms with Crippen molar-refractivity contribution in [1.82, 2.24) is 19.9 Å². The number of rotatable bonds is 5. The molecule has 2 atom stereocenters. The highest BCUT2D eigenvalue weighted by atomic mass is 31.2. The Morgan fingerprint density at radius 1 is 0.446 bits per heavy atom. The third-order valence-corrected chi connectivity index (χ3v) is 16.2. The molecule has 0 saturated carbocycles. The second-order valence-electron chi connectivity index (χ2n) is 16.5. The molecule has 7 nitrogen and oxygen atoms in total. The number of para-hydroxylation sites is 3. The minimum Gasteiger partial charge on any atom is -0.456 e. The van der Waals surface area contributed by atoms with Gasteiger partial charge < -0.3 is 13.9 Å². The Labute approximate surface area is 374 Å². The number of pyridine rings is 2. The van der Waals surface area contributed by atoms with E-state index in [0.29, 0.717) is 22.8 Å². The van der Waals surface area contributed by atoms with Crippen LogP contribution in [0.2, 0.25) is 0 Å². The molecule has 0 aliphatic carbocycles. The Morgan fingerprint density at radius 2 is 1.08 bits per heavy atom. The quantitative estimate of drug-likeness (QED) is 0.159. The van der Waals surface area contributed by atoms with E-state index in [1.54, 1.807) is 12.4 Å². The summed E-state index contributed by atoms with van der Waals surface area (Å²) < 4.78 is 23.4. The number of furan rings is 1. The third-order valence-electron chi connectivity index (χ3n) is 13.1. The molecule has 7 aromatic carbocycles. The molecule has 4 aromatic heterocycles. The molecule has 2 aliphatic rings. The van der Waals surface area contributed by atoms with Gasteiger partial charge in [-0.2, -0.15) is 0 Å². The maximum absolute atomic E-state index is 16.7. The Morgan fingerprint density at radius 3 is 1.82 bits per heavy atom. The van der Waals surface area contributed by atoms with Gasteiger partial charge in [-0.3, -0.25) is 9.97 Å². The number of hydrogen-bond acceptors (Lipinski definition) is 7. The normalized spacial score (nSPS) is 17.1. The molecule has 0 fully saturated rings.